The molecular formula is C16H10F6O2. The first-order valence-electron chi connectivity index (χ1n) is 6.76. The number of alkyl halides is 6. The molecule has 3 rings (SSSR count). The minimum atomic E-state index is -4.64. The standard InChI is InChI=1S/C16H10F6O2/c1-9-2-4-10(5-3-9)14(17,18)15(19,20)11-6-7-12-13(8-11)24-16(21,22)23-12/h2-8H,1H3. The largest absolute Gasteiger partial charge is 0.586 e. The number of ether oxygens (including phenoxy) is 2. The molecule has 0 amide bonds. The molecule has 2 aromatic rings. The average Bonchev–Trinajstić information content (AvgIpc) is 2.80. The number of halogens is 6. The Morgan fingerprint density at radius 1 is 0.750 bits per heavy atom. The zero-order valence-corrected chi connectivity index (χ0v) is 12.1. The summed E-state index contributed by atoms with van der Waals surface area (Å²) in [4.78, 5) is 0. The van der Waals surface area contributed by atoms with Gasteiger partial charge in [0.15, 0.2) is 11.5 Å². The molecule has 0 unspecified atom stereocenters. The molecule has 0 aromatic heterocycles. The highest BCUT2D eigenvalue weighted by atomic mass is 19.3. The highest BCUT2D eigenvalue weighted by Crippen LogP contribution is 2.52. The maximum Gasteiger partial charge on any atom is 0.586 e. The number of rotatable bonds is 3. The van der Waals surface area contributed by atoms with Gasteiger partial charge in [-0.15, -0.1) is 8.78 Å². The van der Waals surface area contributed by atoms with Gasteiger partial charge in [-0.3, -0.25) is 0 Å². The Morgan fingerprint density at radius 3 is 1.88 bits per heavy atom. The summed E-state index contributed by atoms with van der Waals surface area (Å²) in [6.45, 7) is 1.62. The van der Waals surface area contributed by atoms with E-state index in [4.69, 9.17) is 0 Å². The van der Waals surface area contributed by atoms with Crippen LogP contribution in [0.5, 0.6) is 11.5 Å². The van der Waals surface area contributed by atoms with Crippen LogP contribution in [0.15, 0.2) is 42.5 Å². The third kappa shape index (κ3) is 2.55. The molecule has 0 aliphatic carbocycles. The van der Waals surface area contributed by atoms with E-state index in [9.17, 15) is 26.3 Å². The second kappa shape index (κ2) is 5.06. The Morgan fingerprint density at radius 2 is 1.25 bits per heavy atom. The third-order valence-corrected chi connectivity index (χ3v) is 3.57. The minimum Gasteiger partial charge on any atom is -0.395 e. The monoisotopic (exact) mass is 348 g/mol. The second-order valence-corrected chi connectivity index (χ2v) is 5.34. The quantitative estimate of drug-likeness (QED) is 0.710. The molecule has 8 heteroatoms. The van der Waals surface area contributed by atoms with Gasteiger partial charge in [-0.05, 0) is 25.1 Å². The SMILES string of the molecule is Cc1ccc(C(F)(F)C(F)(F)c2ccc3c(c2)OC(F)(F)O3)cc1. The Kier molecular flexibility index (Phi) is 3.47. The van der Waals surface area contributed by atoms with Crippen molar-refractivity contribution in [1.29, 1.82) is 0 Å². The molecule has 0 atom stereocenters. The van der Waals surface area contributed by atoms with Gasteiger partial charge in [0.25, 0.3) is 0 Å². The first-order valence-corrected chi connectivity index (χ1v) is 6.76. The van der Waals surface area contributed by atoms with Crippen LogP contribution in [0, 0.1) is 6.92 Å². The Bertz CT molecular complexity index is 771. The van der Waals surface area contributed by atoms with Crippen molar-refractivity contribution >= 4 is 0 Å². The number of benzene rings is 2. The predicted molar refractivity (Wildman–Crippen MR) is 71.6 cm³/mol. The molecule has 0 bridgehead atoms. The van der Waals surface area contributed by atoms with E-state index < -0.39 is 40.8 Å². The van der Waals surface area contributed by atoms with E-state index >= 15 is 0 Å². The van der Waals surface area contributed by atoms with Gasteiger partial charge in [-0.2, -0.15) is 17.6 Å². The van der Waals surface area contributed by atoms with E-state index in [1.165, 1.54) is 12.1 Å². The number of fused-ring (bicyclic) bond motifs is 1. The van der Waals surface area contributed by atoms with E-state index in [1.807, 2.05) is 0 Å². The summed E-state index contributed by atoms with van der Waals surface area (Å²) in [5.41, 5.74) is -1.42. The van der Waals surface area contributed by atoms with E-state index in [2.05, 4.69) is 9.47 Å². The Labute approximate surface area is 132 Å². The van der Waals surface area contributed by atoms with Crippen LogP contribution in [0.3, 0.4) is 0 Å². The number of aryl methyl sites for hydroxylation is 1. The maximum atomic E-state index is 14.3. The summed E-state index contributed by atoms with van der Waals surface area (Å²) in [6, 6.07) is 6.11. The fourth-order valence-electron chi connectivity index (χ4n) is 2.27. The minimum absolute atomic E-state index is 0.429. The number of hydrogen-bond acceptors (Lipinski definition) is 2. The summed E-state index contributed by atoms with van der Waals surface area (Å²) in [5, 5.41) is 0. The summed E-state index contributed by atoms with van der Waals surface area (Å²) < 4.78 is 91.2. The van der Waals surface area contributed by atoms with Crippen molar-refractivity contribution in [2.24, 2.45) is 0 Å². The molecule has 24 heavy (non-hydrogen) atoms. The van der Waals surface area contributed by atoms with Crippen molar-refractivity contribution < 1.29 is 35.8 Å². The molecule has 0 saturated carbocycles. The Hall–Kier alpha value is -2.38. The summed E-state index contributed by atoms with van der Waals surface area (Å²) >= 11 is 0. The van der Waals surface area contributed by atoms with Gasteiger partial charge in [0, 0.05) is 11.1 Å². The van der Waals surface area contributed by atoms with E-state index in [-0.39, 0.29) is 0 Å². The summed E-state index contributed by atoms with van der Waals surface area (Å²) in [7, 11) is 0. The number of hydrogen-bond donors (Lipinski definition) is 0. The molecule has 2 nitrogen and oxygen atoms in total. The lowest BCUT2D eigenvalue weighted by Crippen LogP contribution is -2.35. The zero-order valence-electron chi connectivity index (χ0n) is 12.1. The highest BCUT2D eigenvalue weighted by Gasteiger charge is 2.59. The molecular weight excluding hydrogens is 338 g/mol. The van der Waals surface area contributed by atoms with Crippen molar-refractivity contribution in [1.82, 2.24) is 0 Å². The zero-order chi connectivity index (χ0) is 17.8. The Balaban J connectivity index is 2.00. The molecule has 1 heterocycles. The molecule has 0 saturated heterocycles. The first kappa shape index (κ1) is 16.5. The van der Waals surface area contributed by atoms with Gasteiger partial charge in [-0.25, -0.2) is 0 Å². The van der Waals surface area contributed by atoms with Gasteiger partial charge in [0.2, 0.25) is 0 Å². The summed E-state index contributed by atoms with van der Waals surface area (Å²) in [6.07, 6.45) is -4.02. The van der Waals surface area contributed by atoms with Gasteiger partial charge in [-0.1, -0.05) is 29.8 Å². The average molecular weight is 348 g/mol. The lowest BCUT2D eigenvalue weighted by Gasteiger charge is -2.27. The fraction of sp³-hybridized carbons (Fsp3) is 0.250. The van der Waals surface area contributed by atoms with Crippen LogP contribution in [0.4, 0.5) is 26.3 Å². The first-order chi connectivity index (χ1) is 11.0. The fourth-order valence-corrected chi connectivity index (χ4v) is 2.27. The van der Waals surface area contributed by atoms with Crippen molar-refractivity contribution in [3.05, 3.63) is 59.2 Å². The molecule has 1 aliphatic heterocycles. The molecule has 2 aromatic carbocycles. The van der Waals surface area contributed by atoms with Crippen LogP contribution in [0.2, 0.25) is 0 Å². The molecule has 0 N–H and O–H groups in total. The van der Waals surface area contributed by atoms with E-state index in [0.29, 0.717) is 17.7 Å². The molecule has 128 valence electrons. The van der Waals surface area contributed by atoms with Crippen LogP contribution < -0.4 is 9.47 Å². The lowest BCUT2D eigenvalue weighted by atomic mass is 9.95. The van der Waals surface area contributed by atoms with Gasteiger partial charge < -0.3 is 9.47 Å². The normalized spacial score (nSPS) is 16.3. The van der Waals surface area contributed by atoms with Crippen LogP contribution >= 0.6 is 0 Å². The molecule has 0 radical (unpaired) electrons. The highest BCUT2D eigenvalue weighted by molar-refractivity contribution is 5.47. The van der Waals surface area contributed by atoms with Crippen molar-refractivity contribution in [3.63, 3.8) is 0 Å². The molecule has 0 fully saturated rings. The third-order valence-electron chi connectivity index (χ3n) is 3.57. The molecule has 0 spiro atoms. The lowest BCUT2D eigenvalue weighted by molar-refractivity contribution is -0.286. The van der Waals surface area contributed by atoms with E-state index in [1.54, 1.807) is 6.92 Å². The van der Waals surface area contributed by atoms with Crippen molar-refractivity contribution in [2.45, 2.75) is 25.1 Å². The van der Waals surface area contributed by atoms with Crippen LogP contribution in [-0.4, -0.2) is 6.29 Å². The molecule has 1 aliphatic rings. The topological polar surface area (TPSA) is 18.5 Å². The maximum absolute atomic E-state index is 14.3. The van der Waals surface area contributed by atoms with E-state index in [0.717, 1.165) is 18.2 Å². The smallest absolute Gasteiger partial charge is 0.395 e. The van der Waals surface area contributed by atoms with Crippen LogP contribution in [0.1, 0.15) is 16.7 Å². The van der Waals surface area contributed by atoms with Crippen LogP contribution in [0.25, 0.3) is 0 Å². The van der Waals surface area contributed by atoms with Gasteiger partial charge >= 0.3 is 18.1 Å². The second-order valence-electron chi connectivity index (χ2n) is 5.34. The van der Waals surface area contributed by atoms with Crippen molar-refractivity contribution in [3.8, 4) is 11.5 Å². The van der Waals surface area contributed by atoms with Crippen LogP contribution in [-0.2, 0) is 11.8 Å². The predicted octanol–water partition coefficient (Wildman–Crippen LogP) is 5.20. The van der Waals surface area contributed by atoms with Gasteiger partial charge in [0.1, 0.15) is 0 Å². The van der Waals surface area contributed by atoms with Gasteiger partial charge in [0.05, 0.1) is 0 Å². The summed E-state index contributed by atoms with van der Waals surface area (Å²) in [5.74, 6) is -10.4. The van der Waals surface area contributed by atoms with Crippen molar-refractivity contribution in [2.75, 3.05) is 0 Å².